The highest BCUT2D eigenvalue weighted by Gasteiger charge is 2.42. The minimum Gasteiger partial charge on any atom is -0.396 e. The Morgan fingerprint density at radius 1 is 0.750 bits per heavy atom. The largest absolute Gasteiger partial charge is 0.396 e. The summed E-state index contributed by atoms with van der Waals surface area (Å²) in [6.45, 7) is 0.245. The van der Waals surface area contributed by atoms with Crippen molar-refractivity contribution in [2.24, 2.45) is 5.92 Å². The topological polar surface area (TPSA) is 32.3 Å². The van der Waals surface area contributed by atoms with E-state index >= 15 is 0 Å². The van der Waals surface area contributed by atoms with Gasteiger partial charge in [-0.25, -0.2) is 0 Å². The molecule has 3 aromatic carbocycles. The van der Waals surface area contributed by atoms with Gasteiger partial charge in [-0.2, -0.15) is 0 Å². The number of alkyl halides is 1. The second-order valence-electron chi connectivity index (χ2n) is 7.63. The average Bonchev–Trinajstić information content (AvgIpc) is 3.13. The van der Waals surface area contributed by atoms with Crippen LogP contribution in [0.3, 0.4) is 0 Å². The van der Waals surface area contributed by atoms with Crippen molar-refractivity contribution in [1.82, 2.24) is 5.32 Å². The Bertz CT molecular complexity index is 772. The highest BCUT2D eigenvalue weighted by Crippen LogP contribution is 2.40. The Morgan fingerprint density at radius 2 is 1.18 bits per heavy atom. The van der Waals surface area contributed by atoms with E-state index in [1.165, 1.54) is 16.7 Å². The van der Waals surface area contributed by atoms with Crippen LogP contribution in [0, 0.1) is 5.92 Å². The highest BCUT2D eigenvalue weighted by atomic mass is 79.9. The van der Waals surface area contributed by atoms with Gasteiger partial charge in [0.2, 0.25) is 0 Å². The van der Waals surface area contributed by atoms with E-state index in [2.05, 4.69) is 112 Å². The van der Waals surface area contributed by atoms with Crippen LogP contribution in [0.1, 0.15) is 29.5 Å². The maximum atomic E-state index is 9.70. The first-order chi connectivity index (χ1) is 13.7. The quantitative estimate of drug-likeness (QED) is 0.416. The zero-order valence-electron chi connectivity index (χ0n) is 15.8. The summed E-state index contributed by atoms with van der Waals surface area (Å²) in [6.07, 6.45) is 1.95. The van der Waals surface area contributed by atoms with Crippen molar-refractivity contribution in [2.75, 3.05) is 6.61 Å². The van der Waals surface area contributed by atoms with Crippen LogP contribution >= 0.6 is 15.9 Å². The molecule has 1 aliphatic rings. The lowest BCUT2D eigenvalue weighted by Gasteiger charge is -2.40. The number of nitrogens with one attached hydrogen (secondary N) is 1. The second-order valence-corrected chi connectivity index (χ2v) is 8.81. The van der Waals surface area contributed by atoms with Gasteiger partial charge in [0.25, 0.3) is 0 Å². The summed E-state index contributed by atoms with van der Waals surface area (Å²) < 4.78 is 0. The number of rotatable bonds is 6. The number of hydrogen-bond acceptors (Lipinski definition) is 2. The van der Waals surface area contributed by atoms with Crippen molar-refractivity contribution in [3.63, 3.8) is 0 Å². The lowest BCUT2D eigenvalue weighted by molar-refractivity contribution is 0.226. The van der Waals surface area contributed by atoms with Crippen LogP contribution in [0.4, 0.5) is 0 Å². The molecular formula is C25H26BrNO. The molecule has 144 valence electrons. The van der Waals surface area contributed by atoms with E-state index < -0.39 is 5.54 Å². The number of aliphatic hydroxyl groups excluding tert-OH is 1. The van der Waals surface area contributed by atoms with Crippen LogP contribution in [0.15, 0.2) is 91.0 Å². The zero-order valence-corrected chi connectivity index (χ0v) is 17.4. The summed E-state index contributed by atoms with van der Waals surface area (Å²) in [5.74, 6) is 0.335. The lowest BCUT2D eigenvalue weighted by Crippen LogP contribution is -2.51. The van der Waals surface area contributed by atoms with E-state index in [9.17, 15) is 5.11 Å². The van der Waals surface area contributed by atoms with E-state index in [4.69, 9.17) is 0 Å². The molecule has 0 saturated heterocycles. The first kappa shape index (κ1) is 19.4. The molecule has 4 rings (SSSR count). The highest BCUT2D eigenvalue weighted by molar-refractivity contribution is 9.09. The monoisotopic (exact) mass is 435 g/mol. The van der Waals surface area contributed by atoms with Crippen molar-refractivity contribution in [2.45, 2.75) is 29.2 Å². The van der Waals surface area contributed by atoms with Crippen LogP contribution in [-0.4, -0.2) is 22.6 Å². The lowest BCUT2D eigenvalue weighted by atomic mass is 9.76. The minimum absolute atomic E-state index is 0.245. The van der Waals surface area contributed by atoms with E-state index in [0.29, 0.717) is 10.7 Å². The molecule has 0 aromatic heterocycles. The fourth-order valence-electron chi connectivity index (χ4n) is 4.48. The molecule has 0 heterocycles. The molecule has 3 atom stereocenters. The Balaban J connectivity index is 1.89. The van der Waals surface area contributed by atoms with E-state index in [1.807, 2.05) is 0 Å². The van der Waals surface area contributed by atoms with Crippen LogP contribution in [0.5, 0.6) is 0 Å². The normalized spacial score (nSPS) is 22.3. The molecule has 0 spiro atoms. The molecule has 0 radical (unpaired) electrons. The fraction of sp³-hybridized carbons (Fsp3) is 0.280. The number of hydrogen-bond donors (Lipinski definition) is 2. The van der Waals surface area contributed by atoms with Gasteiger partial charge in [-0.15, -0.1) is 0 Å². The van der Waals surface area contributed by atoms with E-state index in [0.717, 1.165) is 12.8 Å². The number of halogens is 1. The van der Waals surface area contributed by atoms with Crippen LogP contribution in [0.2, 0.25) is 0 Å². The maximum Gasteiger partial charge on any atom is 0.0950 e. The predicted octanol–water partition coefficient (Wildman–Crippen LogP) is 5.10. The predicted molar refractivity (Wildman–Crippen MR) is 119 cm³/mol. The van der Waals surface area contributed by atoms with Gasteiger partial charge in [0.15, 0.2) is 0 Å². The molecule has 0 aliphatic heterocycles. The third kappa shape index (κ3) is 3.67. The molecule has 1 aliphatic carbocycles. The van der Waals surface area contributed by atoms with Gasteiger partial charge in [0.05, 0.1) is 5.54 Å². The van der Waals surface area contributed by atoms with Gasteiger partial charge < -0.3 is 5.11 Å². The Kier molecular flexibility index (Phi) is 5.96. The van der Waals surface area contributed by atoms with Crippen LogP contribution in [0.25, 0.3) is 0 Å². The Labute approximate surface area is 175 Å². The Hall–Kier alpha value is -1.94. The van der Waals surface area contributed by atoms with Gasteiger partial charge in [0, 0.05) is 17.5 Å². The molecule has 0 unspecified atom stereocenters. The maximum absolute atomic E-state index is 9.70. The van der Waals surface area contributed by atoms with E-state index in [1.54, 1.807) is 0 Å². The average molecular weight is 436 g/mol. The van der Waals surface area contributed by atoms with Gasteiger partial charge in [-0.1, -0.05) is 107 Å². The van der Waals surface area contributed by atoms with Crippen molar-refractivity contribution in [3.05, 3.63) is 108 Å². The number of aliphatic hydroxyl groups is 1. The van der Waals surface area contributed by atoms with Gasteiger partial charge in [-0.05, 0) is 35.4 Å². The van der Waals surface area contributed by atoms with Crippen LogP contribution < -0.4 is 5.32 Å². The number of benzene rings is 3. The standard InChI is InChI=1S/C25H26BrNO/c26-23-16-19(18-28)17-24(23)27-25(20-10-4-1-5-11-20,21-12-6-2-7-13-21)22-14-8-3-9-15-22/h1-15,19,23-24,27-28H,16-18H2/t19-,23-,24+/m0/s1. The van der Waals surface area contributed by atoms with Crippen LogP contribution in [-0.2, 0) is 5.54 Å². The molecule has 2 N–H and O–H groups in total. The summed E-state index contributed by atoms with van der Waals surface area (Å²) in [5.41, 5.74) is 3.21. The first-order valence-corrected chi connectivity index (χ1v) is 10.8. The second kappa shape index (κ2) is 8.60. The van der Waals surface area contributed by atoms with Gasteiger partial charge >= 0.3 is 0 Å². The molecule has 1 fully saturated rings. The summed E-state index contributed by atoms with van der Waals surface area (Å²) >= 11 is 3.88. The fourth-order valence-corrected chi connectivity index (χ4v) is 5.35. The summed E-state index contributed by atoms with van der Waals surface area (Å²) in [7, 11) is 0. The molecule has 3 heteroatoms. The third-order valence-corrected chi connectivity index (χ3v) is 6.87. The first-order valence-electron chi connectivity index (χ1n) is 9.93. The zero-order chi connectivity index (χ0) is 19.4. The molecule has 3 aromatic rings. The minimum atomic E-state index is -0.454. The molecule has 2 nitrogen and oxygen atoms in total. The molecule has 0 bridgehead atoms. The van der Waals surface area contributed by atoms with Crippen molar-refractivity contribution < 1.29 is 5.11 Å². The molecular weight excluding hydrogens is 410 g/mol. The van der Waals surface area contributed by atoms with Crippen molar-refractivity contribution in [3.8, 4) is 0 Å². The van der Waals surface area contributed by atoms with Gasteiger partial charge in [-0.3, -0.25) is 5.32 Å². The SMILES string of the molecule is OC[C@H]1C[C@H](Br)[C@H](NC(c2ccccc2)(c2ccccc2)c2ccccc2)C1. The van der Waals surface area contributed by atoms with Crippen molar-refractivity contribution >= 4 is 15.9 Å². The van der Waals surface area contributed by atoms with Crippen molar-refractivity contribution in [1.29, 1.82) is 0 Å². The third-order valence-electron chi connectivity index (χ3n) is 5.86. The van der Waals surface area contributed by atoms with Gasteiger partial charge in [0.1, 0.15) is 0 Å². The molecule has 0 amide bonds. The summed E-state index contributed by atoms with van der Waals surface area (Å²) in [6, 6.07) is 32.3. The summed E-state index contributed by atoms with van der Waals surface area (Å²) in [5, 5.41) is 13.7. The smallest absolute Gasteiger partial charge is 0.0950 e. The molecule has 28 heavy (non-hydrogen) atoms. The molecule has 1 saturated carbocycles. The Morgan fingerprint density at radius 3 is 1.54 bits per heavy atom. The summed E-state index contributed by atoms with van der Waals surface area (Å²) in [4.78, 5) is 0.333. The van der Waals surface area contributed by atoms with E-state index in [-0.39, 0.29) is 12.6 Å².